The fourth-order valence-electron chi connectivity index (χ4n) is 3.94. The number of hydrogen-bond donors (Lipinski definition) is 0. The Bertz CT molecular complexity index is 282. The van der Waals surface area contributed by atoms with Crippen molar-refractivity contribution in [2.75, 3.05) is 39.3 Å². The third-order valence-electron chi connectivity index (χ3n) is 5.54. The largest absolute Gasteiger partial charge is 0.301 e. The summed E-state index contributed by atoms with van der Waals surface area (Å²) in [6.45, 7) is 17.1. The summed E-state index contributed by atoms with van der Waals surface area (Å²) >= 11 is 0. The molecular weight excluding hydrogens is 258 g/mol. The van der Waals surface area contributed by atoms with Crippen molar-refractivity contribution in [1.82, 2.24) is 14.7 Å². The van der Waals surface area contributed by atoms with Crippen LogP contribution in [0.3, 0.4) is 0 Å². The van der Waals surface area contributed by atoms with Gasteiger partial charge in [-0.3, -0.25) is 9.80 Å². The van der Waals surface area contributed by atoms with Crippen molar-refractivity contribution in [3.05, 3.63) is 0 Å². The summed E-state index contributed by atoms with van der Waals surface area (Å²) in [6, 6.07) is 2.26. The topological polar surface area (TPSA) is 9.72 Å². The highest BCUT2D eigenvalue weighted by atomic mass is 15.2. The molecular formula is C18H37N3. The first-order valence-corrected chi connectivity index (χ1v) is 9.30. The second-order valence-electron chi connectivity index (χ2n) is 7.59. The molecule has 0 N–H and O–H groups in total. The van der Waals surface area contributed by atoms with Crippen LogP contribution in [0.2, 0.25) is 0 Å². The van der Waals surface area contributed by atoms with E-state index in [0.29, 0.717) is 6.04 Å². The van der Waals surface area contributed by atoms with E-state index in [-0.39, 0.29) is 0 Å². The van der Waals surface area contributed by atoms with Gasteiger partial charge in [0.25, 0.3) is 0 Å². The van der Waals surface area contributed by atoms with Gasteiger partial charge >= 0.3 is 0 Å². The number of rotatable bonds is 3. The zero-order valence-electron chi connectivity index (χ0n) is 14.9. The number of likely N-dealkylation sites (tertiary alicyclic amines) is 1. The lowest BCUT2D eigenvalue weighted by Gasteiger charge is -2.40. The Balaban J connectivity index is 1.86. The normalized spacial score (nSPS) is 26.0. The van der Waals surface area contributed by atoms with Gasteiger partial charge in [-0.15, -0.1) is 0 Å². The van der Waals surface area contributed by atoms with Crippen molar-refractivity contribution >= 4 is 0 Å². The average Bonchev–Trinajstić information content (AvgIpc) is 2.59. The maximum atomic E-state index is 2.82. The van der Waals surface area contributed by atoms with E-state index in [1.165, 1.54) is 71.4 Å². The van der Waals surface area contributed by atoms with Crippen LogP contribution < -0.4 is 0 Å². The van der Waals surface area contributed by atoms with Gasteiger partial charge in [0, 0.05) is 31.2 Å². The summed E-state index contributed by atoms with van der Waals surface area (Å²) in [5, 5.41) is 0. The van der Waals surface area contributed by atoms with Crippen LogP contribution in [0, 0.1) is 0 Å². The van der Waals surface area contributed by atoms with Crippen molar-refractivity contribution in [3.8, 4) is 0 Å². The monoisotopic (exact) mass is 295 g/mol. The van der Waals surface area contributed by atoms with E-state index in [4.69, 9.17) is 0 Å². The fourth-order valence-corrected chi connectivity index (χ4v) is 3.94. The first-order valence-electron chi connectivity index (χ1n) is 9.30. The summed E-state index contributed by atoms with van der Waals surface area (Å²) in [5.74, 6) is 0. The van der Waals surface area contributed by atoms with Crippen molar-refractivity contribution in [3.63, 3.8) is 0 Å². The van der Waals surface area contributed by atoms with E-state index >= 15 is 0 Å². The predicted molar refractivity (Wildman–Crippen MR) is 91.9 cm³/mol. The molecule has 2 heterocycles. The lowest BCUT2D eigenvalue weighted by Crippen LogP contribution is -2.49. The Morgan fingerprint density at radius 2 is 1.19 bits per heavy atom. The zero-order chi connectivity index (χ0) is 15.2. The van der Waals surface area contributed by atoms with Gasteiger partial charge in [0.2, 0.25) is 0 Å². The van der Waals surface area contributed by atoms with Crippen molar-refractivity contribution in [1.29, 1.82) is 0 Å². The molecule has 3 nitrogen and oxygen atoms in total. The number of nitrogens with zero attached hydrogens (tertiary/aromatic N) is 3. The molecule has 2 fully saturated rings. The standard InChI is InChI=1S/C18H37N3/c1-16(2)19-10-6-5-7-11-21(15-14-19)18-8-12-20(13-9-18)17(3)4/h16-18H,5-15H2,1-4H3. The molecule has 0 aliphatic carbocycles. The van der Waals surface area contributed by atoms with Crippen LogP contribution in [-0.4, -0.2) is 72.1 Å². The summed E-state index contributed by atoms with van der Waals surface area (Å²) in [7, 11) is 0. The van der Waals surface area contributed by atoms with Gasteiger partial charge in [0.15, 0.2) is 0 Å². The minimum absolute atomic E-state index is 0.702. The van der Waals surface area contributed by atoms with E-state index in [1.54, 1.807) is 0 Å². The van der Waals surface area contributed by atoms with Crippen molar-refractivity contribution < 1.29 is 0 Å². The van der Waals surface area contributed by atoms with Crippen LogP contribution in [0.15, 0.2) is 0 Å². The van der Waals surface area contributed by atoms with Crippen LogP contribution in [-0.2, 0) is 0 Å². The second kappa shape index (κ2) is 8.50. The third kappa shape index (κ3) is 5.22. The molecule has 2 rings (SSSR count). The minimum Gasteiger partial charge on any atom is -0.301 e. The Morgan fingerprint density at radius 1 is 0.619 bits per heavy atom. The Labute approximate surface area is 132 Å². The molecule has 2 aliphatic rings. The molecule has 0 aromatic heterocycles. The highest BCUT2D eigenvalue weighted by Gasteiger charge is 2.26. The fraction of sp³-hybridized carbons (Fsp3) is 1.00. The lowest BCUT2D eigenvalue weighted by molar-refractivity contribution is 0.0825. The van der Waals surface area contributed by atoms with Crippen LogP contribution in [0.4, 0.5) is 0 Å². The average molecular weight is 296 g/mol. The highest BCUT2D eigenvalue weighted by Crippen LogP contribution is 2.20. The summed E-state index contributed by atoms with van der Waals surface area (Å²) < 4.78 is 0. The SMILES string of the molecule is CC(C)N1CCC(N2CCCCCN(C(C)C)CC2)CC1. The van der Waals surface area contributed by atoms with E-state index in [0.717, 1.165) is 12.1 Å². The van der Waals surface area contributed by atoms with Gasteiger partial charge in [0.1, 0.15) is 0 Å². The van der Waals surface area contributed by atoms with Crippen LogP contribution in [0.1, 0.15) is 59.8 Å². The van der Waals surface area contributed by atoms with Crippen LogP contribution >= 0.6 is 0 Å². The van der Waals surface area contributed by atoms with Crippen LogP contribution in [0.5, 0.6) is 0 Å². The lowest BCUT2D eigenvalue weighted by atomic mass is 10.0. The Hall–Kier alpha value is -0.120. The predicted octanol–water partition coefficient (Wildman–Crippen LogP) is 3.06. The van der Waals surface area contributed by atoms with Gasteiger partial charge in [-0.1, -0.05) is 6.42 Å². The molecule has 0 unspecified atom stereocenters. The molecule has 2 aliphatic heterocycles. The van der Waals surface area contributed by atoms with E-state index in [2.05, 4.69) is 42.4 Å². The molecule has 0 spiro atoms. The highest BCUT2D eigenvalue weighted by molar-refractivity contribution is 4.82. The molecule has 2 saturated heterocycles. The van der Waals surface area contributed by atoms with E-state index in [1.807, 2.05) is 0 Å². The van der Waals surface area contributed by atoms with E-state index in [9.17, 15) is 0 Å². The summed E-state index contributed by atoms with van der Waals surface area (Å²) in [5.41, 5.74) is 0. The van der Waals surface area contributed by atoms with Crippen molar-refractivity contribution in [2.24, 2.45) is 0 Å². The smallest absolute Gasteiger partial charge is 0.0120 e. The minimum atomic E-state index is 0.702. The third-order valence-corrected chi connectivity index (χ3v) is 5.54. The quantitative estimate of drug-likeness (QED) is 0.792. The molecule has 0 amide bonds. The molecule has 0 atom stereocenters. The van der Waals surface area contributed by atoms with Gasteiger partial charge < -0.3 is 4.90 Å². The van der Waals surface area contributed by atoms with E-state index < -0.39 is 0 Å². The Kier molecular flexibility index (Phi) is 6.97. The first kappa shape index (κ1) is 17.2. The summed E-state index contributed by atoms with van der Waals surface area (Å²) in [4.78, 5) is 8.15. The summed E-state index contributed by atoms with van der Waals surface area (Å²) in [6.07, 6.45) is 6.94. The number of hydrogen-bond acceptors (Lipinski definition) is 3. The van der Waals surface area contributed by atoms with Gasteiger partial charge in [-0.2, -0.15) is 0 Å². The molecule has 0 bridgehead atoms. The van der Waals surface area contributed by atoms with Gasteiger partial charge in [-0.05, 0) is 79.6 Å². The van der Waals surface area contributed by atoms with Gasteiger partial charge in [0.05, 0.1) is 0 Å². The molecule has 0 aromatic rings. The molecule has 3 heteroatoms. The molecule has 0 saturated carbocycles. The molecule has 124 valence electrons. The maximum absolute atomic E-state index is 2.82. The molecule has 0 aromatic carbocycles. The molecule has 21 heavy (non-hydrogen) atoms. The maximum Gasteiger partial charge on any atom is 0.0120 e. The van der Waals surface area contributed by atoms with Crippen molar-refractivity contribution in [2.45, 2.75) is 77.9 Å². The number of piperidine rings is 1. The first-order chi connectivity index (χ1) is 10.1. The van der Waals surface area contributed by atoms with Crippen LogP contribution in [0.25, 0.3) is 0 Å². The Morgan fingerprint density at radius 3 is 1.81 bits per heavy atom. The molecule has 0 radical (unpaired) electrons. The second-order valence-corrected chi connectivity index (χ2v) is 7.59. The zero-order valence-corrected chi connectivity index (χ0v) is 14.9. The van der Waals surface area contributed by atoms with Gasteiger partial charge in [-0.25, -0.2) is 0 Å².